The number of nitrogens with two attached hydrogens (primary N) is 1. The second-order valence-corrected chi connectivity index (χ2v) is 4.57. The Hall–Kier alpha value is -1.62. The molecule has 4 nitrogen and oxygen atoms in total. The molecule has 3 N–H and O–H groups in total. The van der Waals surface area contributed by atoms with Crippen LogP contribution in [0.25, 0.3) is 0 Å². The first-order valence-corrected chi connectivity index (χ1v) is 6.02. The van der Waals surface area contributed by atoms with E-state index in [1.807, 2.05) is 6.92 Å². The van der Waals surface area contributed by atoms with E-state index in [0.29, 0.717) is 18.0 Å². The molecule has 1 aromatic carbocycles. The number of hydrogen-bond acceptors (Lipinski definition) is 3. The predicted octanol–water partition coefficient (Wildman–Crippen LogP) is 1.56. The van der Waals surface area contributed by atoms with Gasteiger partial charge in [-0.25, -0.2) is 4.39 Å². The largest absolute Gasteiger partial charge is 0.398 e. The van der Waals surface area contributed by atoms with Crippen LogP contribution in [0.1, 0.15) is 23.7 Å². The van der Waals surface area contributed by atoms with Gasteiger partial charge in [0.1, 0.15) is 5.82 Å². The summed E-state index contributed by atoms with van der Waals surface area (Å²) in [7, 11) is 0. The minimum atomic E-state index is -0.443. The normalized spacial score (nSPS) is 23.0. The summed E-state index contributed by atoms with van der Waals surface area (Å²) in [6.45, 7) is 3.29. The molecule has 2 rings (SSSR count). The molecule has 98 valence electrons. The quantitative estimate of drug-likeness (QED) is 0.802. The van der Waals surface area contributed by atoms with Gasteiger partial charge in [0, 0.05) is 24.8 Å². The zero-order valence-electron chi connectivity index (χ0n) is 10.3. The molecule has 1 aliphatic rings. The zero-order chi connectivity index (χ0) is 13.1. The standard InChI is InChI=1S/C13H17FN2O2/c1-8-9(4-5-18-8)7-16-13(17)11-3-2-10(14)6-12(11)15/h2-3,6,8-9H,4-5,7,15H2,1H3,(H,16,17). The Morgan fingerprint density at radius 2 is 2.39 bits per heavy atom. The van der Waals surface area contributed by atoms with Crippen molar-refractivity contribution in [1.29, 1.82) is 0 Å². The van der Waals surface area contributed by atoms with Gasteiger partial charge in [0.2, 0.25) is 0 Å². The Kier molecular flexibility index (Phi) is 3.81. The molecule has 5 heteroatoms. The Balaban J connectivity index is 1.95. The van der Waals surface area contributed by atoms with Gasteiger partial charge in [0.15, 0.2) is 0 Å². The lowest BCUT2D eigenvalue weighted by Gasteiger charge is -2.15. The Morgan fingerprint density at radius 3 is 3.00 bits per heavy atom. The molecule has 0 spiro atoms. The van der Waals surface area contributed by atoms with E-state index >= 15 is 0 Å². The topological polar surface area (TPSA) is 64.3 Å². The molecule has 1 saturated heterocycles. The molecule has 0 radical (unpaired) electrons. The Morgan fingerprint density at radius 1 is 1.61 bits per heavy atom. The molecule has 2 unspecified atom stereocenters. The van der Waals surface area contributed by atoms with Crippen molar-refractivity contribution in [1.82, 2.24) is 5.32 Å². The minimum Gasteiger partial charge on any atom is -0.398 e. The SMILES string of the molecule is CC1OCCC1CNC(=O)c1ccc(F)cc1N. The summed E-state index contributed by atoms with van der Waals surface area (Å²) in [5.74, 6) is -0.385. The first-order chi connectivity index (χ1) is 8.58. The van der Waals surface area contributed by atoms with Crippen LogP contribution in [-0.2, 0) is 4.74 Å². The van der Waals surface area contributed by atoms with E-state index in [-0.39, 0.29) is 17.7 Å². The highest BCUT2D eigenvalue weighted by atomic mass is 19.1. The fourth-order valence-corrected chi connectivity index (χ4v) is 2.10. The van der Waals surface area contributed by atoms with Crippen LogP contribution in [0.2, 0.25) is 0 Å². The fourth-order valence-electron chi connectivity index (χ4n) is 2.10. The van der Waals surface area contributed by atoms with Crippen molar-refractivity contribution in [2.45, 2.75) is 19.4 Å². The number of nitrogen functional groups attached to an aromatic ring is 1. The average molecular weight is 252 g/mol. The third-order valence-corrected chi connectivity index (χ3v) is 3.32. The second-order valence-electron chi connectivity index (χ2n) is 4.57. The number of nitrogens with one attached hydrogen (secondary N) is 1. The van der Waals surface area contributed by atoms with Crippen LogP contribution >= 0.6 is 0 Å². The predicted molar refractivity (Wildman–Crippen MR) is 66.7 cm³/mol. The molecule has 0 saturated carbocycles. The molecule has 1 aromatic rings. The highest BCUT2D eigenvalue weighted by Crippen LogP contribution is 2.20. The lowest BCUT2D eigenvalue weighted by atomic mass is 10.0. The van der Waals surface area contributed by atoms with Gasteiger partial charge in [0.05, 0.1) is 11.7 Å². The zero-order valence-corrected chi connectivity index (χ0v) is 10.3. The number of benzene rings is 1. The van der Waals surface area contributed by atoms with Gasteiger partial charge in [-0.15, -0.1) is 0 Å². The number of carbonyl (C=O) groups excluding carboxylic acids is 1. The summed E-state index contributed by atoms with van der Waals surface area (Å²) in [6, 6.07) is 3.78. The van der Waals surface area contributed by atoms with Crippen molar-refractivity contribution < 1.29 is 13.9 Å². The number of halogens is 1. The van der Waals surface area contributed by atoms with Gasteiger partial charge >= 0.3 is 0 Å². The highest BCUT2D eigenvalue weighted by molar-refractivity contribution is 5.99. The summed E-state index contributed by atoms with van der Waals surface area (Å²) >= 11 is 0. The summed E-state index contributed by atoms with van der Waals surface area (Å²) in [6.07, 6.45) is 1.11. The maximum absolute atomic E-state index is 12.9. The van der Waals surface area contributed by atoms with E-state index in [1.165, 1.54) is 12.1 Å². The second kappa shape index (κ2) is 5.35. The smallest absolute Gasteiger partial charge is 0.253 e. The van der Waals surface area contributed by atoms with E-state index in [1.54, 1.807) is 0 Å². The number of carbonyl (C=O) groups is 1. The Labute approximate surface area is 105 Å². The van der Waals surface area contributed by atoms with E-state index < -0.39 is 5.82 Å². The van der Waals surface area contributed by atoms with Crippen molar-refractivity contribution >= 4 is 11.6 Å². The molecular weight excluding hydrogens is 235 g/mol. The average Bonchev–Trinajstić information content (AvgIpc) is 2.72. The van der Waals surface area contributed by atoms with Gasteiger partial charge < -0.3 is 15.8 Å². The fraction of sp³-hybridized carbons (Fsp3) is 0.462. The lowest BCUT2D eigenvalue weighted by Crippen LogP contribution is -2.32. The van der Waals surface area contributed by atoms with Crippen molar-refractivity contribution in [3.05, 3.63) is 29.6 Å². The van der Waals surface area contributed by atoms with Gasteiger partial charge in [-0.3, -0.25) is 4.79 Å². The third-order valence-electron chi connectivity index (χ3n) is 3.32. The van der Waals surface area contributed by atoms with E-state index in [2.05, 4.69) is 5.32 Å². The van der Waals surface area contributed by atoms with Crippen LogP contribution in [0, 0.1) is 11.7 Å². The number of hydrogen-bond donors (Lipinski definition) is 2. The van der Waals surface area contributed by atoms with E-state index in [0.717, 1.165) is 19.1 Å². The summed E-state index contributed by atoms with van der Waals surface area (Å²) in [5.41, 5.74) is 6.07. The van der Waals surface area contributed by atoms with Crippen LogP contribution < -0.4 is 11.1 Å². The molecule has 0 bridgehead atoms. The third kappa shape index (κ3) is 2.79. The van der Waals surface area contributed by atoms with Crippen LogP contribution in [0.4, 0.5) is 10.1 Å². The molecule has 0 aromatic heterocycles. The highest BCUT2D eigenvalue weighted by Gasteiger charge is 2.24. The summed E-state index contributed by atoms with van der Waals surface area (Å²) in [4.78, 5) is 11.9. The Bertz CT molecular complexity index is 451. The van der Waals surface area contributed by atoms with Crippen molar-refractivity contribution in [3.63, 3.8) is 0 Å². The van der Waals surface area contributed by atoms with Crippen molar-refractivity contribution in [3.8, 4) is 0 Å². The van der Waals surface area contributed by atoms with Crippen molar-refractivity contribution in [2.75, 3.05) is 18.9 Å². The number of ether oxygens (including phenoxy) is 1. The molecule has 1 fully saturated rings. The maximum Gasteiger partial charge on any atom is 0.253 e. The molecule has 1 heterocycles. The van der Waals surface area contributed by atoms with E-state index in [9.17, 15) is 9.18 Å². The van der Waals surface area contributed by atoms with Gasteiger partial charge in [-0.05, 0) is 31.5 Å². The van der Waals surface area contributed by atoms with E-state index in [4.69, 9.17) is 10.5 Å². The summed E-state index contributed by atoms with van der Waals surface area (Å²) in [5, 5.41) is 2.81. The molecular formula is C13H17FN2O2. The number of rotatable bonds is 3. The molecule has 18 heavy (non-hydrogen) atoms. The molecule has 0 aliphatic carbocycles. The van der Waals surface area contributed by atoms with Crippen LogP contribution in [0.5, 0.6) is 0 Å². The first kappa shape index (κ1) is 12.8. The van der Waals surface area contributed by atoms with Crippen LogP contribution in [0.3, 0.4) is 0 Å². The lowest BCUT2D eigenvalue weighted by molar-refractivity contribution is 0.0908. The van der Waals surface area contributed by atoms with Crippen LogP contribution in [0.15, 0.2) is 18.2 Å². The summed E-state index contributed by atoms with van der Waals surface area (Å²) < 4.78 is 18.3. The van der Waals surface area contributed by atoms with Gasteiger partial charge in [0.25, 0.3) is 5.91 Å². The van der Waals surface area contributed by atoms with Gasteiger partial charge in [-0.2, -0.15) is 0 Å². The number of amides is 1. The maximum atomic E-state index is 12.9. The monoisotopic (exact) mass is 252 g/mol. The first-order valence-electron chi connectivity index (χ1n) is 6.02. The molecule has 1 aliphatic heterocycles. The van der Waals surface area contributed by atoms with Gasteiger partial charge in [-0.1, -0.05) is 0 Å². The number of anilines is 1. The van der Waals surface area contributed by atoms with Crippen molar-refractivity contribution in [2.24, 2.45) is 5.92 Å². The molecule has 2 atom stereocenters. The van der Waals surface area contributed by atoms with Crippen LogP contribution in [-0.4, -0.2) is 25.2 Å². The molecule has 1 amide bonds. The minimum absolute atomic E-state index is 0.156.